The fourth-order valence-electron chi connectivity index (χ4n) is 2.22. The smallest absolute Gasteiger partial charge is 0.326 e. The first-order chi connectivity index (χ1) is 11.5. The van der Waals surface area contributed by atoms with E-state index in [1.807, 2.05) is 32.9 Å². The molecular weight excluding hydrogens is 304 g/mol. The van der Waals surface area contributed by atoms with Crippen molar-refractivity contribution in [1.82, 2.24) is 5.32 Å². The highest BCUT2D eigenvalue weighted by Crippen LogP contribution is 2.08. The van der Waals surface area contributed by atoms with Gasteiger partial charge in [0.2, 0.25) is 5.91 Å². The van der Waals surface area contributed by atoms with Crippen LogP contribution < -0.4 is 11.1 Å². The molecule has 0 bridgehead atoms. The van der Waals surface area contributed by atoms with E-state index in [9.17, 15) is 9.59 Å². The summed E-state index contributed by atoms with van der Waals surface area (Å²) in [5, 5.41) is 11.7. The second kappa shape index (κ2) is 13.5. The predicted octanol–water partition coefficient (Wildman–Crippen LogP) is 3.04. The Bertz CT molecular complexity index is 472. The van der Waals surface area contributed by atoms with Gasteiger partial charge in [0, 0.05) is 6.42 Å². The molecule has 0 spiro atoms. The first kappa shape index (κ1) is 22.1. The van der Waals surface area contributed by atoms with Gasteiger partial charge in [-0.15, -0.1) is 0 Å². The Morgan fingerprint density at radius 2 is 1.75 bits per heavy atom. The Kier molecular flexibility index (Phi) is 12.5. The highest BCUT2D eigenvalue weighted by Gasteiger charge is 2.18. The monoisotopic (exact) mass is 336 g/mol. The first-order valence-electron chi connectivity index (χ1n) is 8.80. The third kappa shape index (κ3) is 10.0. The number of carboxylic acids is 1. The molecule has 0 radical (unpaired) electrons. The second-order valence-corrected chi connectivity index (χ2v) is 5.58. The van der Waals surface area contributed by atoms with Gasteiger partial charge >= 0.3 is 5.97 Å². The molecule has 1 rings (SSSR count). The first-order valence-corrected chi connectivity index (χ1v) is 8.80. The lowest BCUT2D eigenvalue weighted by atomic mass is 10.1. The molecule has 0 saturated heterocycles. The van der Waals surface area contributed by atoms with E-state index < -0.39 is 12.0 Å². The molecule has 1 amide bonds. The molecule has 1 aromatic carbocycles. The molecule has 0 aliphatic heterocycles. The number of hydrogen-bond donors (Lipinski definition) is 3. The molecule has 0 heterocycles. The van der Waals surface area contributed by atoms with Gasteiger partial charge in [0.1, 0.15) is 6.04 Å². The minimum atomic E-state index is -0.982. The number of nitrogens with two attached hydrogens (primary N) is 1. The Balaban J connectivity index is 0.00000254. The zero-order valence-electron chi connectivity index (χ0n) is 15.2. The van der Waals surface area contributed by atoms with Crippen molar-refractivity contribution in [1.29, 1.82) is 0 Å². The molecule has 1 unspecified atom stereocenters. The Morgan fingerprint density at radius 3 is 2.29 bits per heavy atom. The maximum Gasteiger partial charge on any atom is 0.326 e. The van der Waals surface area contributed by atoms with Crippen molar-refractivity contribution in [2.24, 2.45) is 5.73 Å². The quantitative estimate of drug-likeness (QED) is 0.573. The van der Waals surface area contributed by atoms with Crippen LogP contribution in [0.5, 0.6) is 0 Å². The van der Waals surface area contributed by atoms with Crippen molar-refractivity contribution < 1.29 is 14.7 Å². The van der Waals surface area contributed by atoms with E-state index in [-0.39, 0.29) is 5.91 Å². The van der Waals surface area contributed by atoms with Crippen molar-refractivity contribution >= 4 is 11.9 Å². The summed E-state index contributed by atoms with van der Waals surface area (Å²) >= 11 is 0. The largest absolute Gasteiger partial charge is 0.480 e. The third-order valence-corrected chi connectivity index (χ3v) is 3.57. The standard InChI is InChI=1S/C17H26N2O3.C2H6/c1-13-8-10-14(11-9-13)5-4-7-16(20)19-15(17(21)22)6-2-3-12-18;1-2/h8-11,15H,2-7,12,18H2,1H3,(H,19,20)(H,21,22);1-2H3. The molecular formula is C19H32N2O3. The van der Waals surface area contributed by atoms with E-state index in [1.54, 1.807) is 0 Å². The molecule has 1 atom stereocenters. The van der Waals surface area contributed by atoms with Crippen LogP contribution >= 0.6 is 0 Å². The molecule has 0 fully saturated rings. The van der Waals surface area contributed by atoms with Crippen LogP contribution in [0.3, 0.4) is 0 Å². The maximum atomic E-state index is 11.8. The van der Waals surface area contributed by atoms with Crippen molar-refractivity contribution in [3.05, 3.63) is 35.4 Å². The van der Waals surface area contributed by atoms with Crippen LogP contribution in [0.1, 0.15) is 57.1 Å². The predicted molar refractivity (Wildman–Crippen MR) is 97.9 cm³/mol. The fraction of sp³-hybridized carbons (Fsp3) is 0.579. The molecule has 0 aromatic heterocycles. The van der Waals surface area contributed by atoms with Gasteiger partial charge in [0.25, 0.3) is 0 Å². The maximum absolute atomic E-state index is 11.8. The van der Waals surface area contributed by atoms with Gasteiger partial charge in [-0.05, 0) is 51.1 Å². The fourth-order valence-corrected chi connectivity index (χ4v) is 2.22. The zero-order chi connectivity index (χ0) is 18.4. The summed E-state index contributed by atoms with van der Waals surface area (Å²) in [6.07, 6.45) is 3.78. The van der Waals surface area contributed by atoms with Crippen LogP contribution in [-0.2, 0) is 16.0 Å². The lowest BCUT2D eigenvalue weighted by molar-refractivity contribution is -0.142. The Labute approximate surface area is 145 Å². The molecule has 24 heavy (non-hydrogen) atoms. The number of benzene rings is 1. The number of carbonyl (C=O) groups excluding carboxylic acids is 1. The summed E-state index contributed by atoms with van der Waals surface area (Å²) in [6.45, 7) is 6.57. The van der Waals surface area contributed by atoms with Gasteiger partial charge in [-0.1, -0.05) is 43.7 Å². The van der Waals surface area contributed by atoms with Gasteiger partial charge in [0.15, 0.2) is 0 Å². The minimum absolute atomic E-state index is 0.202. The van der Waals surface area contributed by atoms with E-state index in [0.29, 0.717) is 32.2 Å². The number of amides is 1. The third-order valence-electron chi connectivity index (χ3n) is 3.57. The van der Waals surface area contributed by atoms with Crippen LogP contribution in [0.2, 0.25) is 0 Å². The second-order valence-electron chi connectivity index (χ2n) is 5.58. The number of aliphatic carboxylic acids is 1. The number of rotatable bonds is 10. The average molecular weight is 336 g/mol. The number of carbonyl (C=O) groups is 2. The van der Waals surface area contributed by atoms with Crippen molar-refractivity contribution in [3.8, 4) is 0 Å². The van der Waals surface area contributed by atoms with E-state index >= 15 is 0 Å². The van der Waals surface area contributed by atoms with Gasteiger partial charge in [-0.3, -0.25) is 4.79 Å². The summed E-state index contributed by atoms with van der Waals surface area (Å²) in [5.41, 5.74) is 7.79. The highest BCUT2D eigenvalue weighted by atomic mass is 16.4. The molecule has 5 nitrogen and oxygen atoms in total. The lowest BCUT2D eigenvalue weighted by Gasteiger charge is -2.14. The van der Waals surface area contributed by atoms with Gasteiger partial charge in [0.05, 0.1) is 0 Å². The summed E-state index contributed by atoms with van der Waals surface area (Å²) in [6, 6.07) is 7.40. The van der Waals surface area contributed by atoms with Crippen LogP contribution in [0.15, 0.2) is 24.3 Å². The SMILES string of the molecule is CC.Cc1ccc(CCCC(=O)NC(CCCCN)C(=O)O)cc1. The zero-order valence-corrected chi connectivity index (χ0v) is 15.2. The molecule has 0 aliphatic rings. The van der Waals surface area contributed by atoms with E-state index in [1.165, 1.54) is 11.1 Å². The van der Waals surface area contributed by atoms with Crippen LogP contribution in [0.25, 0.3) is 0 Å². The normalized spacial score (nSPS) is 11.2. The summed E-state index contributed by atoms with van der Waals surface area (Å²) in [7, 11) is 0. The average Bonchev–Trinajstić information content (AvgIpc) is 2.57. The van der Waals surface area contributed by atoms with E-state index in [4.69, 9.17) is 10.8 Å². The molecule has 5 heteroatoms. The van der Waals surface area contributed by atoms with Crippen LogP contribution in [-0.4, -0.2) is 29.6 Å². The number of aryl methyl sites for hydroxylation is 2. The number of hydrogen-bond acceptors (Lipinski definition) is 3. The Morgan fingerprint density at radius 1 is 1.12 bits per heavy atom. The van der Waals surface area contributed by atoms with Crippen LogP contribution in [0, 0.1) is 6.92 Å². The van der Waals surface area contributed by atoms with Gasteiger partial charge < -0.3 is 16.2 Å². The number of carboxylic acid groups (broad SMARTS) is 1. The van der Waals surface area contributed by atoms with Gasteiger partial charge in [-0.25, -0.2) is 4.79 Å². The Hall–Kier alpha value is -1.88. The van der Waals surface area contributed by atoms with Crippen LogP contribution in [0.4, 0.5) is 0 Å². The molecule has 1 aromatic rings. The topological polar surface area (TPSA) is 92.4 Å². The summed E-state index contributed by atoms with van der Waals surface area (Å²) < 4.78 is 0. The highest BCUT2D eigenvalue weighted by molar-refractivity contribution is 5.83. The number of nitrogens with one attached hydrogen (secondary N) is 1. The summed E-state index contributed by atoms with van der Waals surface area (Å²) in [4.78, 5) is 22.9. The molecule has 4 N–H and O–H groups in total. The van der Waals surface area contributed by atoms with Crippen molar-refractivity contribution in [2.45, 2.75) is 65.3 Å². The van der Waals surface area contributed by atoms with Crippen molar-refractivity contribution in [3.63, 3.8) is 0 Å². The lowest BCUT2D eigenvalue weighted by Crippen LogP contribution is -2.40. The summed E-state index contributed by atoms with van der Waals surface area (Å²) in [5.74, 6) is -1.18. The number of unbranched alkanes of at least 4 members (excludes halogenated alkanes) is 1. The van der Waals surface area contributed by atoms with Gasteiger partial charge in [-0.2, -0.15) is 0 Å². The van der Waals surface area contributed by atoms with E-state index in [0.717, 1.165) is 12.8 Å². The van der Waals surface area contributed by atoms with E-state index in [2.05, 4.69) is 17.4 Å². The molecule has 136 valence electrons. The minimum Gasteiger partial charge on any atom is -0.480 e. The van der Waals surface area contributed by atoms with Crippen molar-refractivity contribution in [2.75, 3.05) is 6.54 Å². The molecule has 0 saturated carbocycles. The molecule has 0 aliphatic carbocycles.